The van der Waals surface area contributed by atoms with E-state index in [0.717, 1.165) is 68.4 Å². The van der Waals surface area contributed by atoms with Gasteiger partial charge in [-0.1, -0.05) is 60.7 Å². The number of aromatic hydroxyl groups is 2. The molecule has 5 aromatic rings. The minimum Gasteiger partial charge on any atom is -0.508 e. The molecule has 214 valence electrons. The number of aryl methyl sites for hydroxylation is 5. The number of phenols is 2. The molecule has 0 bridgehead atoms. The summed E-state index contributed by atoms with van der Waals surface area (Å²) < 4.78 is 0. The minimum atomic E-state index is 0.345. The highest BCUT2D eigenvalue weighted by Crippen LogP contribution is 2.35. The molecule has 0 unspecified atom stereocenters. The van der Waals surface area contributed by atoms with Gasteiger partial charge >= 0.3 is 0 Å². The second-order valence-electron chi connectivity index (χ2n) is 11.3. The summed E-state index contributed by atoms with van der Waals surface area (Å²) in [4.78, 5) is 2.34. The zero-order valence-corrected chi connectivity index (χ0v) is 24.5. The zero-order valence-electron chi connectivity index (χ0n) is 24.5. The smallest absolute Gasteiger partial charge is 0.115 e. The first-order valence-electron chi connectivity index (χ1n) is 15.1. The predicted molar refractivity (Wildman–Crippen MR) is 175 cm³/mol. The summed E-state index contributed by atoms with van der Waals surface area (Å²) in [6, 6.07) is 41.8. The number of unbranched alkanes of at least 4 members (excludes halogenated alkanes) is 2. The van der Waals surface area contributed by atoms with Gasteiger partial charge in [0.2, 0.25) is 0 Å². The molecule has 0 saturated carbocycles. The maximum absolute atomic E-state index is 9.69. The number of benzene rings is 5. The van der Waals surface area contributed by atoms with Crippen molar-refractivity contribution in [2.24, 2.45) is 0 Å². The highest BCUT2D eigenvalue weighted by molar-refractivity contribution is 5.76. The topological polar surface area (TPSA) is 43.7 Å². The molecule has 0 aliphatic rings. The van der Waals surface area contributed by atoms with Gasteiger partial charge in [-0.05, 0) is 147 Å². The summed E-state index contributed by atoms with van der Waals surface area (Å²) in [6.07, 6.45) is 8.50. The van der Waals surface area contributed by atoms with Crippen molar-refractivity contribution in [1.82, 2.24) is 0 Å². The second-order valence-corrected chi connectivity index (χ2v) is 11.3. The van der Waals surface area contributed by atoms with E-state index in [1.54, 1.807) is 12.1 Å². The quantitative estimate of drug-likeness (QED) is 0.142. The van der Waals surface area contributed by atoms with Gasteiger partial charge in [0.1, 0.15) is 11.5 Å². The van der Waals surface area contributed by atoms with Crippen LogP contribution in [0.1, 0.15) is 53.5 Å². The summed E-state index contributed by atoms with van der Waals surface area (Å²) in [5.41, 5.74) is 9.79. The summed E-state index contributed by atoms with van der Waals surface area (Å²) in [7, 11) is 0. The largest absolute Gasteiger partial charge is 0.508 e. The fourth-order valence-corrected chi connectivity index (χ4v) is 5.58. The van der Waals surface area contributed by atoms with Gasteiger partial charge in [-0.3, -0.25) is 0 Å². The van der Waals surface area contributed by atoms with Crippen LogP contribution in [0.5, 0.6) is 11.5 Å². The van der Waals surface area contributed by atoms with Crippen LogP contribution in [0.3, 0.4) is 0 Å². The highest BCUT2D eigenvalue weighted by Gasteiger charge is 2.13. The Balaban J connectivity index is 1.21. The molecule has 3 nitrogen and oxygen atoms in total. The molecule has 0 fully saturated rings. The van der Waals surface area contributed by atoms with E-state index >= 15 is 0 Å². The molecule has 2 N–H and O–H groups in total. The lowest BCUT2D eigenvalue weighted by molar-refractivity contribution is 0.474. The molecule has 0 spiro atoms. The van der Waals surface area contributed by atoms with Crippen LogP contribution in [0.4, 0.5) is 17.1 Å². The van der Waals surface area contributed by atoms with Crippen molar-refractivity contribution < 1.29 is 10.2 Å². The molecule has 0 radical (unpaired) electrons. The Bertz CT molecular complexity index is 1460. The van der Waals surface area contributed by atoms with E-state index in [-0.39, 0.29) is 0 Å². The van der Waals surface area contributed by atoms with Crippen LogP contribution in [-0.4, -0.2) is 10.2 Å². The lowest BCUT2D eigenvalue weighted by Gasteiger charge is -2.26. The molecule has 0 saturated heterocycles. The number of nitrogens with zero attached hydrogens (tertiary/aromatic N) is 1. The Hall–Kier alpha value is -4.50. The van der Waals surface area contributed by atoms with Gasteiger partial charge in [-0.2, -0.15) is 0 Å². The van der Waals surface area contributed by atoms with Crippen molar-refractivity contribution in [1.29, 1.82) is 0 Å². The van der Waals surface area contributed by atoms with Gasteiger partial charge in [0, 0.05) is 17.1 Å². The monoisotopic (exact) mass is 555 g/mol. The Morgan fingerprint density at radius 2 is 0.857 bits per heavy atom. The van der Waals surface area contributed by atoms with Crippen molar-refractivity contribution in [2.75, 3.05) is 4.90 Å². The zero-order chi connectivity index (χ0) is 29.1. The van der Waals surface area contributed by atoms with Gasteiger partial charge in [0.15, 0.2) is 0 Å². The average Bonchev–Trinajstić information content (AvgIpc) is 2.99. The molecule has 0 aliphatic carbocycles. The molecule has 0 atom stereocenters. The van der Waals surface area contributed by atoms with E-state index in [2.05, 4.69) is 96.8 Å². The first-order valence-corrected chi connectivity index (χ1v) is 15.1. The Kier molecular flexibility index (Phi) is 9.95. The molecule has 3 heteroatoms. The molecule has 0 heterocycles. The normalized spacial score (nSPS) is 11.0. The Morgan fingerprint density at radius 1 is 0.429 bits per heavy atom. The van der Waals surface area contributed by atoms with E-state index in [4.69, 9.17) is 0 Å². The fraction of sp³-hybridized carbons (Fsp3) is 0.231. The summed E-state index contributed by atoms with van der Waals surface area (Å²) in [5, 5.41) is 19.4. The van der Waals surface area contributed by atoms with E-state index in [1.807, 2.05) is 24.3 Å². The first kappa shape index (κ1) is 29.0. The van der Waals surface area contributed by atoms with Crippen LogP contribution in [-0.2, 0) is 25.7 Å². The molecule has 0 aliphatic heterocycles. The third kappa shape index (κ3) is 8.27. The van der Waals surface area contributed by atoms with Crippen LogP contribution in [0.25, 0.3) is 0 Å². The number of hydrogen-bond donors (Lipinski definition) is 2. The van der Waals surface area contributed by atoms with Gasteiger partial charge in [-0.15, -0.1) is 0 Å². The molecular weight excluding hydrogens is 514 g/mol. The molecule has 5 rings (SSSR count). The van der Waals surface area contributed by atoms with Gasteiger partial charge in [0.25, 0.3) is 0 Å². The summed E-state index contributed by atoms with van der Waals surface area (Å²) in [5.74, 6) is 0.689. The Labute approximate surface area is 250 Å². The molecule has 0 amide bonds. The van der Waals surface area contributed by atoms with Crippen LogP contribution in [0, 0.1) is 6.92 Å². The maximum Gasteiger partial charge on any atom is 0.115 e. The Morgan fingerprint density at radius 3 is 1.29 bits per heavy atom. The van der Waals surface area contributed by atoms with Crippen LogP contribution in [0.15, 0.2) is 121 Å². The number of phenolic OH excluding ortho intramolecular Hbond substituents is 2. The highest BCUT2D eigenvalue weighted by atomic mass is 16.3. The van der Waals surface area contributed by atoms with E-state index < -0.39 is 0 Å². The SMILES string of the molecule is Cc1cccc(N(c2ccc(CCCCc3cccc(O)c3)cc2)c2ccc(CCCCc3cccc(O)c3)cc2)c1. The first-order chi connectivity index (χ1) is 20.5. The van der Waals surface area contributed by atoms with E-state index in [0.29, 0.717) is 11.5 Å². The number of rotatable bonds is 13. The van der Waals surface area contributed by atoms with Crippen LogP contribution in [0.2, 0.25) is 0 Å². The lowest BCUT2D eigenvalue weighted by atomic mass is 10.0. The number of anilines is 3. The van der Waals surface area contributed by atoms with Gasteiger partial charge < -0.3 is 15.1 Å². The molecule has 5 aromatic carbocycles. The standard InChI is InChI=1S/C39H41NO2/c1-30-9-6-16-37(27-30)40(35-23-19-31(20-24-35)10-2-4-12-33-14-7-17-38(41)28-33)36-25-21-32(22-26-36)11-3-5-13-34-15-8-18-39(42)29-34/h6-9,14-29,41-42H,2-5,10-13H2,1H3. The van der Waals surface area contributed by atoms with Gasteiger partial charge in [-0.25, -0.2) is 0 Å². The molecule has 42 heavy (non-hydrogen) atoms. The fourth-order valence-electron chi connectivity index (χ4n) is 5.58. The van der Waals surface area contributed by atoms with Gasteiger partial charge in [0.05, 0.1) is 0 Å². The second kappa shape index (κ2) is 14.4. The van der Waals surface area contributed by atoms with E-state index in [9.17, 15) is 10.2 Å². The minimum absolute atomic E-state index is 0.345. The average molecular weight is 556 g/mol. The van der Waals surface area contributed by atoms with Crippen molar-refractivity contribution in [3.8, 4) is 11.5 Å². The van der Waals surface area contributed by atoms with Crippen LogP contribution < -0.4 is 4.90 Å². The number of hydrogen-bond acceptors (Lipinski definition) is 3. The lowest BCUT2D eigenvalue weighted by Crippen LogP contribution is -2.10. The molecule has 0 aromatic heterocycles. The van der Waals surface area contributed by atoms with Crippen molar-refractivity contribution in [2.45, 2.75) is 58.3 Å². The molecular formula is C39H41NO2. The third-order valence-corrected chi connectivity index (χ3v) is 7.83. The van der Waals surface area contributed by atoms with Crippen LogP contribution >= 0.6 is 0 Å². The van der Waals surface area contributed by atoms with Crippen molar-refractivity contribution in [3.63, 3.8) is 0 Å². The summed E-state index contributed by atoms with van der Waals surface area (Å²) >= 11 is 0. The van der Waals surface area contributed by atoms with E-state index in [1.165, 1.54) is 27.8 Å². The summed E-state index contributed by atoms with van der Waals surface area (Å²) in [6.45, 7) is 2.14. The van der Waals surface area contributed by atoms with Crippen molar-refractivity contribution in [3.05, 3.63) is 149 Å². The van der Waals surface area contributed by atoms with Crippen molar-refractivity contribution >= 4 is 17.1 Å². The predicted octanol–water partition coefficient (Wildman–Crippen LogP) is 10.0. The third-order valence-electron chi connectivity index (χ3n) is 7.83. The maximum atomic E-state index is 9.69.